The van der Waals surface area contributed by atoms with Crippen molar-refractivity contribution in [3.05, 3.63) is 12.7 Å². The van der Waals surface area contributed by atoms with Gasteiger partial charge in [-0.15, -0.1) is 6.58 Å². The Morgan fingerprint density at radius 3 is 1.85 bits per heavy atom. The Bertz CT molecular complexity index is 267. The Morgan fingerprint density at radius 2 is 1.42 bits per heavy atom. The van der Waals surface area contributed by atoms with E-state index < -0.39 is 6.10 Å². The molecule has 1 aliphatic rings. The van der Waals surface area contributed by atoms with Gasteiger partial charge in [0, 0.05) is 0 Å². The summed E-state index contributed by atoms with van der Waals surface area (Å²) in [7, 11) is 0. The Balaban J connectivity index is 0. The third-order valence-electron chi connectivity index (χ3n) is 4.26. The fraction of sp³-hybridized carbons (Fsp3) is 0.909. The maximum absolute atomic E-state index is 8.97. The molecule has 3 N–H and O–H groups in total. The van der Waals surface area contributed by atoms with E-state index in [9.17, 15) is 0 Å². The molecule has 1 saturated heterocycles. The molecule has 4 nitrogen and oxygen atoms in total. The predicted octanol–water partition coefficient (Wildman–Crippen LogP) is 5.00. The Hall–Kier alpha value is -0.420. The topological polar surface area (TPSA) is 73.2 Å². The zero-order valence-electron chi connectivity index (χ0n) is 17.7. The lowest BCUT2D eigenvalue weighted by Crippen LogP contribution is -2.10. The van der Waals surface area contributed by atoms with Crippen molar-refractivity contribution in [3.63, 3.8) is 0 Å². The third-order valence-corrected chi connectivity index (χ3v) is 4.26. The average molecular weight is 375 g/mol. The summed E-state index contributed by atoms with van der Waals surface area (Å²) in [6.45, 7) is 10.9. The molecule has 0 bridgehead atoms. The van der Waals surface area contributed by atoms with Gasteiger partial charge in [-0.05, 0) is 19.3 Å². The zero-order chi connectivity index (χ0) is 20.0. The molecule has 4 heteroatoms. The van der Waals surface area contributed by atoms with Gasteiger partial charge in [-0.3, -0.25) is 0 Å². The Morgan fingerprint density at radius 1 is 0.923 bits per heavy atom. The van der Waals surface area contributed by atoms with Crippen molar-refractivity contribution in [1.82, 2.24) is 0 Å². The summed E-state index contributed by atoms with van der Waals surface area (Å²) in [5.74, 6) is 0. The van der Waals surface area contributed by atoms with E-state index in [2.05, 4.69) is 27.4 Å². The fourth-order valence-electron chi connectivity index (χ4n) is 2.30. The molecule has 0 aromatic heterocycles. The van der Waals surface area contributed by atoms with Crippen molar-refractivity contribution < 1.29 is 20.1 Å². The standard InChI is InChI=1S/C8H16O.C7H16O2.C7H14O/c1-3-5-6-7-8(9)4-2;1-2-3-4-5-7(9)6-8;1-2-3-4-5-7-6-8-7/h4,8-9H,2-3,5-7H2,1H3;7-9H,2-6H2,1H3;7H,2-6H2,1H3/t8-;2*7-/m100/s1. The lowest BCUT2D eigenvalue weighted by molar-refractivity contribution is 0.0861. The highest BCUT2D eigenvalue weighted by Gasteiger charge is 2.20. The molecular formula is C22H46O4. The van der Waals surface area contributed by atoms with Crippen LogP contribution in [-0.4, -0.2) is 46.8 Å². The highest BCUT2D eigenvalue weighted by Crippen LogP contribution is 2.16. The van der Waals surface area contributed by atoms with Crippen LogP contribution >= 0.6 is 0 Å². The maximum atomic E-state index is 8.97. The first-order chi connectivity index (χ1) is 12.5. The minimum atomic E-state index is -0.489. The van der Waals surface area contributed by atoms with E-state index in [-0.39, 0.29) is 12.7 Å². The van der Waals surface area contributed by atoms with Crippen molar-refractivity contribution >= 4 is 0 Å². The van der Waals surface area contributed by atoms with Crippen LogP contribution in [0.15, 0.2) is 12.7 Å². The number of rotatable bonds is 14. The van der Waals surface area contributed by atoms with Crippen LogP contribution in [0.1, 0.15) is 97.8 Å². The molecule has 0 aliphatic carbocycles. The summed E-state index contributed by atoms with van der Waals surface area (Å²) in [5, 5.41) is 26.2. The van der Waals surface area contributed by atoms with E-state index in [0.717, 1.165) is 45.1 Å². The number of epoxide rings is 1. The van der Waals surface area contributed by atoms with Crippen molar-refractivity contribution in [2.24, 2.45) is 0 Å². The molecule has 3 atom stereocenters. The van der Waals surface area contributed by atoms with Crippen LogP contribution in [-0.2, 0) is 4.74 Å². The van der Waals surface area contributed by atoms with Crippen molar-refractivity contribution in [2.45, 2.75) is 116 Å². The Labute approximate surface area is 162 Å². The summed E-state index contributed by atoms with van der Waals surface area (Å²) in [6, 6.07) is 0. The van der Waals surface area contributed by atoms with Crippen LogP contribution in [0.5, 0.6) is 0 Å². The average Bonchev–Trinajstić information content (AvgIpc) is 3.47. The maximum Gasteiger partial charge on any atom is 0.0810 e. The van der Waals surface area contributed by atoms with Crippen LogP contribution in [0.3, 0.4) is 0 Å². The second kappa shape index (κ2) is 22.6. The number of hydrogen-bond acceptors (Lipinski definition) is 4. The molecule has 158 valence electrons. The second-order valence-corrected chi connectivity index (χ2v) is 7.08. The molecule has 0 spiro atoms. The number of ether oxygens (including phenoxy) is 1. The molecule has 0 unspecified atom stereocenters. The zero-order valence-corrected chi connectivity index (χ0v) is 17.7. The molecular weight excluding hydrogens is 328 g/mol. The molecule has 26 heavy (non-hydrogen) atoms. The monoisotopic (exact) mass is 374 g/mol. The normalized spacial score (nSPS) is 17.2. The number of aliphatic hydroxyl groups excluding tert-OH is 3. The lowest BCUT2D eigenvalue weighted by Gasteiger charge is -2.04. The third kappa shape index (κ3) is 25.8. The van der Waals surface area contributed by atoms with Crippen molar-refractivity contribution in [1.29, 1.82) is 0 Å². The first kappa shape index (κ1) is 27.8. The van der Waals surface area contributed by atoms with Crippen LogP contribution < -0.4 is 0 Å². The van der Waals surface area contributed by atoms with E-state index in [0.29, 0.717) is 6.10 Å². The van der Waals surface area contributed by atoms with Gasteiger partial charge < -0.3 is 20.1 Å². The predicted molar refractivity (Wildman–Crippen MR) is 111 cm³/mol. The molecule has 1 fully saturated rings. The quantitative estimate of drug-likeness (QED) is 0.227. The summed E-state index contributed by atoms with van der Waals surface area (Å²) in [5.41, 5.74) is 0. The van der Waals surface area contributed by atoms with E-state index in [4.69, 9.17) is 20.1 Å². The minimum absolute atomic E-state index is 0.0935. The van der Waals surface area contributed by atoms with Gasteiger partial charge in [0.2, 0.25) is 0 Å². The molecule has 0 aromatic carbocycles. The fourth-order valence-corrected chi connectivity index (χ4v) is 2.30. The van der Waals surface area contributed by atoms with Crippen LogP contribution in [0.25, 0.3) is 0 Å². The van der Waals surface area contributed by atoms with Crippen molar-refractivity contribution in [3.8, 4) is 0 Å². The summed E-state index contributed by atoms with van der Waals surface area (Å²) in [4.78, 5) is 0. The summed E-state index contributed by atoms with van der Waals surface area (Å²) in [6.07, 6.45) is 15.3. The Kier molecular flexibility index (Phi) is 24.2. The minimum Gasteiger partial charge on any atom is -0.394 e. The largest absolute Gasteiger partial charge is 0.394 e. The molecule has 1 rings (SSSR count). The van der Waals surface area contributed by atoms with Gasteiger partial charge in [0.15, 0.2) is 0 Å². The van der Waals surface area contributed by atoms with Gasteiger partial charge in [0.1, 0.15) is 0 Å². The van der Waals surface area contributed by atoms with Gasteiger partial charge in [-0.1, -0.05) is 84.6 Å². The second-order valence-electron chi connectivity index (χ2n) is 7.08. The smallest absolute Gasteiger partial charge is 0.0810 e. The van der Waals surface area contributed by atoms with Crippen LogP contribution in [0.2, 0.25) is 0 Å². The van der Waals surface area contributed by atoms with Crippen LogP contribution in [0.4, 0.5) is 0 Å². The highest BCUT2D eigenvalue weighted by atomic mass is 16.6. The van der Waals surface area contributed by atoms with Gasteiger partial charge in [-0.2, -0.15) is 0 Å². The molecule has 1 heterocycles. The van der Waals surface area contributed by atoms with Gasteiger partial charge in [0.05, 0.1) is 31.5 Å². The van der Waals surface area contributed by atoms with Gasteiger partial charge in [-0.25, -0.2) is 0 Å². The van der Waals surface area contributed by atoms with E-state index in [1.807, 2.05) is 0 Å². The van der Waals surface area contributed by atoms with E-state index in [1.165, 1.54) is 38.5 Å². The summed E-state index contributed by atoms with van der Waals surface area (Å²) < 4.78 is 5.06. The highest BCUT2D eigenvalue weighted by molar-refractivity contribution is 4.77. The molecule has 0 amide bonds. The molecule has 0 saturated carbocycles. The first-order valence-electron chi connectivity index (χ1n) is 10.8. The molecule has 0 radical (unpaired) electrons. The van der Waals surface area contributed by atoms with E-state index in [1.54, 1.807) is 6.08 Å². The number of hydrogen-bond donors (Lipinski definition) is 3. The van der Waals surface area contributed by atoms with E-state index >= 15 is 0 Å². The SMILES string of the molecule is C=C[C@@H](O)CCCCC.CCCCC[C@H](O)CO.CCCCC[C@H]1CO1. The lowest BCUT2D eigenvalue weighted by atomic mass is 10.1. The van der Waals surface area contributed by atoms with Crippen LogP contribution in [0, 0.1) is 0 Å². The number of unbranched alkanes of at least 4 members (excludes halogenated alkanes) is 6. The number of aliphatic hydroxyl groups is 3. The first-order valence-corrected chi connectivity index (χ1v) is 10.8. The van der Waals surface area contributed by atoms with Gasteiger partial charge in [0.25, 0.3) is 0 Å². The van der Waals surface area contributed by atoms with Gasteiger partial charge >= 0.3 is 0 Å². The summed E-state index contributed by atoms with van der Waals surface area (Å²) >= 11 is 0. The van der Waals surface area contributed by atoms with Crippen molar-refractivity contribution in [2.75, 3.05) is 13.2 Å². The molecule has 0 aromatic rings. The molecule has 1 aliphatic heterocycles.